The molecule has 104 valence electrons. The number of nitrogens with one attached hydrogen (secondary N) is 1. The second kappa shape index (κ2) is 5.04. The van der Waals surface area contributed by atoms with Crippen molar-refractivity contribution in [1.82, 2.24) is 5.32 Å². The van der Waals surface area contributed by atoms with E-state index in [2.05, 4.69) is 31.3 Å². The van der Waals surface area contributed by atoms with Crippen molar-refractivity contribution in [3.05, 3.63) is 23.8 Å². The minimum absolute atomic E-state index is 0.548. The molecule has 3 nitrogen and oxygen atoms in total. The first kappa shape index (κ1) is 12.8. The van der Waals surface area contributed by atoms with Crippen molar-refractivity contribution in [2.45, 2.75) is 39.2 Å². The van der Waals surface area contributed by atoms with Gasteiger partial charge in [0.2, 0.25) is 0 Å². The van der Waals surface area contributed by atoms with Gasteiger partial charge in [0, 0.05) is 6.04 Å². The van der Waals surface area contributed by atoms with Gasteiger partial charge in [0.15, 0.2) is 11.5 Å². The maximum atomic E-state index is 5.61. The van der Waals surface area contributed by atoms with Gasteiger partial charge in [-0.15, -0.1) is 0 Å². The van der Waals surface area contributed by atoms with Crippen LogP contribution in [-0.4, -0.2) is 25.8 Å². The number of ether oxygens (including phenoxy) is 2. The van der Waals surface area contributed by atoms with E-state index >= 15 is 0 Å². The van der Waals surface area contributed by atoms with Crippen LogP contribution in [0, 0.1) is 5.41 Å². The molecule has 0 saturated heterocycles. The van der Waals surface area contributed by atoms with Crippen molar-refractivity contribution in [2.24, 2.45) is 5.41 Å². The maximum Gasteiger partial charge on any atom is 0.161 e. The molecule has 2 aliphatic rings. The quantitative estimate of drug-likeness (QED) is 0.884. The molecule has 1 saturated carbocycles. The highest BCUT2D eigenvalue weighted by Gasteiger charge is 2.41. The third-order valence-corrected chi connectivity index (χ3v) is 4.55. The lowest BCUT2D eigenvalue weighted by Crippen LogP contribution is -2.34. The number of fused-ring (bicyclic) bond motifs is 1. The molecular formula is C16H23NO2. The third kappa shape index (κ3) is 2.86. The first-order valence-electron chi connectivity index (χ1n) is 7.29. The summed E-state index contributed by atoms with van der Waals surface area (Å²) in [5.74, 6) is 1.77. The van der Waals surface area contributed by atoms with Crippen molar-refractivity contribution in [3.63, 3.8) is 0 Å². The Balaban J connectivity index is 1.52. The van der Waals surface area contributed by atoms with E-state index in [9.17, 15) is 0 Å². The summed E-state index contributed by atoms with van der Waals surface area (Å²) in [5, 5.41) is 3.64. The molecule has 0 radical (unpaired) electrons. The van der Waals surface area contributed by atoms with Crippen LogP contribution in [0.2, 0.25) is 0 Å². The van der Waals surface area contributed by atoms with Crippen LogP contribution >= 0.6 is 0 Å². The van der Waals surface area contributed by atoms with Gasteiger partial charge in [-0.3, -0.25) is 0 Å². The SMILES string of the molecule is CC(NCCc1ccc2c(c1)OCCO2)C1(C)CC1. The molecule has 1 aliphatic heterocycles. The van der Waals surface area contributed by atoms with Crippen LogP contribution in [0.25, 0.3) is 0 Å². The van der Waals surface area contributed by atoms with Gasteiger partial charge in [0.05, 0.1) is 0 Å². The molecule has 0 spiro atoms. The van der Waals surface area contributed by atoms with Crippen LogP contribution < -0.4 is 14.8 Å². The lowest BCUT2D eigenvalue weighted by molar-refractivity contribution is 0.171. The molecule has 1 N–H and O–H groups in total. The molecule has 19 heavy (non-hydrogen) atoms. The smallest absolute Gasteiger partial charge is 0.161 e. The molecule has 3 rings (SSSR count). The molecule has 1 aromatic carbocycles. The Labute approximate surface area is 115 Å². The largest absolute Gasteiger partial charge is 0.486 e. The fraction of sp³-hybridized carbons (Fsp3) is 0.625. The monoisotopic (exact) mass is 261 g/mol. The van der Waals surface area contributed by atoms with Crippen LogP contribution in [0.1, 0.15) is 32.3 Å². The van der Waals surface area contributed by atoms with Gasteiger partial charge in [-0.1, -0.05) is 13.0 Å². The molecule has 1 heterocycles. The van der Waals surface area contributed by atoms with Gasteiger partial charge < -0.3 is 14.8 Å². The summed E-state index contributed by atoms with van der Waals surface area (Å²) in [7, 11) is 0. The zero-order valence-corrected chi connectivity index (χ0v) is 11.9. The average Bonchev–Trinajstić information content (AvgIpc) is 3.18. The maximum absolute atomic E-state index is 5.61. The summed E-state index contributed by atoms with van der Waals surface area (Å²) in [4.78, 5) is 0. The molecule has 1 aromatic rings. The fourth-order valence-corrected chi connectivity index (χ4v) is 2.55. The van der Waals surface area contributed by atoms with E-state index in [4.69, 9.17) is 9.47 Å². The lowest BCUT2D eigenvalue weighted by atomic mass is 10.0. The molecule has 0 amide bonds. The summed E-state index contributed by atoms with van der Waals surface area (Å²) < 4.78 is 11.1. The Bertz CT molecular complexity index is 454. The molecule has 3 heteroatoms. The number of hydrogen-bond donors (Lipinski definition) is 1. The van der Waals surface area contributed by atoms with E-state index in [0.29, 0.717) is 24.7 Å². The van der Waals surface area contributed by atoms with Crippen molar-refractivity contribution in [1.29, 1.82) is 0 Å². The van der Waals surface area contributed by atoms with Crippen molar-refractivity contribution < 1.29 is 9.47 Å². The Kier molecular flexibility index (Phi) is 3.40. The van der Waals surface area contributed by atoms with Gasteiger partial charge in [-0.05, 0) is 55.8 Å². The average molecular weight is 261 g/mol. The second-order valence-electron chi connectivity index (χ2n) is 6.06. The van der Waals surface area contributed by atoms with Crippen molar-refractivity contribution >= 4 is 0 Å². The van der Waals surface area contributed by atoms with Crippen LogP contribution in [0.5, 0.6) is 11.5 Å². The van der Waals surface area contributed by atoms with Crippen LogP contribution in [-0.2, 0) is 6.42 Å². The topological polar surface area (TPSA) is 30.5 Å². The Morgan fingerprint density at radius 1 is 1.21 bits per heavy atom. The Hall–Kier alpha value is -1.22. The van der Waals surface area contributed by atoms with E-state index in [1.807, 2.05) is 6.07 Å². The molecule has 1 fully saturated rings. The van der Waals surface area contributed by atoms with Gasteiger partial charge in [-0.2, -0.15) is 0 Å². The Morgan fingerprint density at radius 3 is 2.68 bits per heavy atom. The minimum Gasteiger partial charge on any atom is -0.486 e. The third-order valence-electron chi connectivity index (χ3n) is 4.55. The molecule has 1 unspecified atom stereocenters. The number of benzene rings is 1. The van der Waals surface area contributed by atoms with Crippen molar-refractivity contribution in [2.75, 3.05) is 19.8 Å². The lowest BCUT2D eigenvalue weighted by Gasteiger charge is -2.21. The van der Waals surface area contributed by atoms with Gasteiger partial charge in [0.1, 0.15) is 13.2 Å². The summed E-state index contributed by atoms with van der Waals surface area (Å²) in [5.41, 5.74) is 1.86. The Morgan fingerprint density at radius 2 is 1.95 bits per heavy atom. The first-order chi connectivity index (χ1) is 9.17. The van der Waals surface area contributed by atoms with E-state index in [1.54, 1.807) is 0 Å². The summed E-state index contributed by atoms with van der Waals surface area (Å²) in [6.07, 6.45) is 3.77. The summed E-state index contributed by atoms with van der Waals surface area (Å²) in [6.45, 7) is 7.01. The highest BCUT2D eigenvalue weighted by molar-refractivity contribution is 5.43. The molecule has 1 atom stereocenters. The van der Waals surface area contributed by atoms with Gasteiger partial charge in [0.25, 0.3) is 0 Å². The number of rotatable bonds is 5. The summed E-state index contributed by atoms with van der Waals surface area (Å²) >= 11 is 0. The van der Waals surface area contributed by atoms with Crippen molar-refractivity contribution in [3.8, 4) is 11.5 Å². The van der Waals surface area contributed by atoms with E-state index in [1.165, 1.54) is 18.4 Å². The standard InChI is InChI=1S/C16H23NO2/c1-12(16(2)6-7-16)17-8-5-13-3-4-14-15(11-13)19-10-9-18-14/h3-4,11-12,17H,5-10H2,1-2H3. The molecule has 0 bridgehead atoms. The van der Waals surface area contributed by atoms with Gasteiger partial charge in [-0.25, -0.2) is 0 Å². The zero-order chi connectivity index (χ0) is 13.3. The van der Waals surface area contributed by atoms with E-state index in [0.717, 1.165) is 24.5 Å². The van der Waals surface area contributed by atoms with Gasteiger partial charge >= 0.3 is 0 Å². The highest BCUT2D eigenvalue weighted by Crippen LogP contribution is 2.47. The number of hydrogen-bond acceptors (Lipinski definition) is 3. The predicted octanol–water partition coefficient (Wildman–Crippen LogP) is 2.78. The summed E-state index contributed by atoms with van der Waals surface area (Å²) in [6, 6.07) is 6.89. The van der Waals surface area contributed by atoms with E-state index < -0.39 is 0 Å². The molecular weight excluding hydrogens is 238 g/mol. The van der Waals surface area contributed by atoms with Crippen LogP contribution in [0.3, 0.4) is 0 Å². The molecule has 0 aromatic heterocycles. The zero-order valence-electron chi connectivity index (χ0n) is 11.9. The normalized spacial score (nSPS) is 20.9. The minimum atomic E-state index is 0.548. The first-order valence-corrected chi connectivity index (χ1v) is 7.29. The highest BCUT2D eigenvalue weighted by atomic mass is 16.6. The van der Waals surface area contributed by atoms with Crippen LogP contribution in [0.15, 0.2) is 18.2 Å². The predicted molar refractivity (Wildman–Crippen MR) is 75.9 cm³/mol. The molecule has 1 aliphatic carbocycles. The van der Waals surface area contributed by atoms with E-state index in [-0.39, 0.29) is 0 Å². The second-order valence-corrected chi connectivity index (χ2v) is 6.06. The van der Waals surface area contributed by atoms with Crippen LogP contribution in [0.4, 0.5) is 0 Å². The fourth-order valence-electron chi connectivity index (χ4n) is 2.55.